The molecule has 4 aliphatic carbocycles. The molecule has 5 aliphatic rings. The lowest BCUT2D eigenvalue weighted by molar-refractivity contribution is -0.0904. The summed E-state index contributed by atoms with van der Waals surface area (Å²) >= 11 is 0. The Labute approximate surface area is 214 Å². The summed E-state index contributed by atoms with van der Waals surface area (Å²) in [5.41, 5.74) is 5.75. The molecule has 0 atom stereocenters. The third-order valence-corrected chi connectivity index (χ3v) is 10.4. The average molecular weight is 469 g/mol. The van der Waals surface area contributed by atoms with Crippen molar-refractivity contribution in [3.8, 4) is 0 Å². The molecule has 0 radical (unpaired) electrons. The molecule has 0 unspecified atom stereocenters. The zero-order valence-electron chi connectivity index (χ0n) is 20.6. The van der Waals surface area contributed by atoms with Gasteiger partial charge in [0.25, 0.3) is 0 Å². The molecule has 178 valence electrons. The van der Waals surface area contributed by atoms with Crippen LogP contribution in [0.4, 0.5) is 0 Å². The molecule has 1 nitrogen and oxygen atoms in total. The van der Waals surface area contributed by atoms with E-state index >= 15 is 0 Å². The van der Waals surface area contributed by atoms with E-state index in [-0.39, 0.29) is 22.0 Å². The number of benzene rings is 4. The molecule has 4 saturated carbocycles. The van der Waals surface area contributed by atoms with E-state index in [2.05, 4.69) is 121 Å². The first-order valence-electron chi connectivity index (χ1n) is 13.6. The highest BCUT2D eigenvalue weighted by molar-refractivity contribution is 5.52. The van der Waals surface area contributed by atoms with E-state index in [9.17, 15) is 0 Å². The molecule has 4 bridgehead atoms. The highest BCUT2D eigenvalue weighted by Crippen LogP contribution is 2.80. The van der Waals surface area contributed by atoms with Gasteiger partial charge in [0.2, 0.25) is 0 Å². The highest BCUT2D eigenvalue weighted by atomic mass is 16.6. The van der Waals surface area contributed by atoms with Crippen LogP contribution in [-0.2, 0) is 21.2 Å². The van der Waals surface area contributed by atoms with Gasteiger partial charge in [-0.3, -0.25) is 0 Å². The van der Waals surface area contributed by atoms with Crippen molar-refractivity contribution < 1.29 is 4.74 Å². The smallest absolute Gasteiger partial charge is 0.148 e. The largest absolute Gasteiger partial charge is 0.352 e. The predicted octanol–water partition coefficient (Wildman–Crippen LogP) is 7.80. The van der Waals surface area contributed by atoms with Crippen molar-refractivity contribution in [1.29, 1.82) is 0 Å². The first-order chi connectivity index (χ1) is 17.7. The summed E-state index contributed by atoms with van der Waals surface area (Å²) in [6.45, 7) is 0. The Balaban J connectivity index is 1.32. The first-order valence-corrected chi connectivity index (χ1v) is 13.6. The Hall–Kier alpha value is -3.16. The minimum absolute atomic E-state index is 0.118. The lowest BCUT2D eigenvalue weighted by Gasteiger charge is -2.65. The molecule has 1 heterocycles. The Morgan fingerprint density at radius 2 is 0.778 bits per heavy atom. The maximum absolute atomic E-state index is 7.30. The van der Waals surface area contributed by atoms with E-state index in [4.69, 9.17) is 4.74 Å². The van der Waals surface area contributed by atoms with Gasteiger partial charge in [0, 0.05) is 0 Å². The van der Waals surface area contributed by atoms with Crippen LogP contribution in [0.1, 0.15) is 54.4 Å². The lowest BCUT2D eigenvalue weighted by atomic mass is 9.37. The van der Waals surface area contributed by atoms with Crippen molar-refractivity contribution >= 4 is 0 Å². The van der Waals surface area contributed by atoms with Crippen LogP contribution in [-0.4, -0.2) is 5.60 Å². The van der Waals surface area contributed by atoms with Crippen LogP contribution in [0.15, 0.2) is 121 Å². The van der Waals surface area contributed by atoms with Gasteiger partial charge in [-0.25, -0.2) is 0 Å². The van der Waals surface area contributed by atoms with Crippen molar-refractivity contribution in [2.45, 2.75) is 54.1 Å². The molecular weight excluding hydrogens is 436 g/mol. The topological polar surface area (TPSA) is 12.5 Å². The lowest BCUT2D eigenvalue weighted by Crippen LogP contribution is -2.64. The predicted molar refractivity (Wildman–Crippen MR) is 144 cm³/mol. The summed E-state index contributed by atoms with van der Waals surface area (Å²) in [6, 6.07) is 45.1. The van der Waals surface area contributed by atoms with Crippen molar-refractivity contribution in [2.24, 2.45) is 11.8 Å². The standard InChI is InChI=1S/C35H32O/c1-5-13-26(14-6-1)32-21-30-23-33(25-32,27-15-7-2-8-16-27)24-31(22-32)35(30)34(36-35,28-17-9-3-10-18-28)29-19-11-4-12-20-29/h1-20,30-31H,21-25H2. The van der Waals surface area contributed by atoms with Crippen LogP contribution in [0.2, 0.25) is 0 Å². The van der Waals surface area contributed by atoms with Gasteiger partial charge in [0.05, 0.1) is 0 Å². The Bertz CT molecular complexity index is 1280. The molecule has 5 fully saturated rings. The van der Waals surface area contributed by atoms with Crippen LogP contribution in [0.5, 0.6) is 0 Å². The van der Waals surface area contributed by atoms with Gasteiger partial charge in [-0.1, -0.05) is 121 Å². The zero-order valence-corrected chi connectivity index (χ0v) is 20.6. The second kappa shape index (κ2) is 7.20. The van der Waals surface area contributed by atoms with Gasteiger partial charge in [0.15, 0.2) is 0 Å². The molecule has 1 saturated heterocycles. The minimum Gasteiger partial charge on any atom is -0.352 e. The molecule has 9 rings (SSSR count). The second-order valence-electron chi connectivity index (χ2n) is 12.0. The van der Waals surface area contributed by atoms with Crippen LogP contribution >= 0.6 is 0 Å². The molecule has 1 heteroatoms. The van der Waals surface area contributed by atoms with Crippen molar-refractivity contribution in [2.75, 3.05) is 0 Å². The number of hydrogen-bond donors (Lipinski definition) is 0. The molecule has 1 aliphatic heterocycles. The van der Waals surface area contributed by atoms with Gasteiger partial charge >= 0.3 is 0 Å². The first kappa shape index (κ1) is 21.0. The number of rotatable bonds is 4. The maximum Gasteiger partial charge on any atom is 0.148 e. The summed E-state index contributed by atoms with van der Waals surface area (Å²) in [5, 5.41) is 0. The van der Waals surface area contributed by atoms with Gasteiger partial charge in [-0.2, -0.15) is 0 Å². The van der Waals surface area contributed by atoms with Crippen LogP contribution in [0.25, 0.3) is 0 Å². The normalized spacial score (nSPS) is 35.1. The summed E-state index contributed by atoms with van der Waals surface area (Å²) in [6.07, 6.45) is 6.17. The van der Waals surface area contributed by atoms with E-state index in [1.54, 1.807) is 11.1 Å². The third-order valence-electron chi connectivity index (χ3n) is 10.4. The second-order valence-corrected chi connectivity index (χ2v) is 12.0. The zero-order chi connectivity index (χ0) is 23.8. The summed E-state index contributed by atoms with van der Waals surface area (Å²) < 4.78 is 7.30. The maximum atomic E-state index is 7.30. The molecule has 0 amide bonds. The van der Waals surface area contributed by atoms with Crippen LogP contribution < -0.4 is 0 Å². The highest BCUT2D eigenvalue weighted by Gasteiger charge is 2.83. The third kappa shape index (κ3) is 2.55. The minimum atomic E-state index is -0.339. The average Bonchev–Trinajstić information content (AvgIpc) is 3.66. The van der Waals surface area contributed by atoms with E-state index in [1.807, 2.05) is 0 Å². The fourth-order valence-electron chi connectivity index (χ4n) is 9.38. The number of ether oxygens (including phenoxy) is 1. The molecule has 36 heavy (non-hydrogen) atoms. The van der Waals surface area contributed by atoms with E-state index < -0.39 is 0 Å². The summed E-state index contributed by atoms with van der Waals surface area (Å²) in [5.74, 6) is 1.05. The SMILES string of the molecule is c1ccc(C23CC4CC(c5ccccc5)(CC(C2)C42OC2(c2ccccc2)c2ccccc2)C3)cc1. The van der Waals surface area contributed by atoms with Crippen molar-refractivity contribution in [3.63, 3.8) is 0 Å². The Kier molecular flexibility index (Phi) is 4.20. The van der Waals surface area contributed by atoms with Crippen molar-refractivity contribution in [1.82, 2.24) is 0 Å². The fraction of sp³-hybridized carbons (Fsp3) is 0.314. The summed E-state index contributed by atoms with van der Waals surface area (Å²) in [7, 11) is 0. The molecule has 1 spiro atoms. The van der Waals surface area contributed by atoms with Gasteiger partial charge in [0.1, 0.15) is 11.2 Å². The van der Waals surface area contributed by atoms with Crippen LogP contribution in [0.3, 0.4) is 0 Å². The quantitative estimate of drug-likeness (QED) is 0.278. The molecule has 0 N–H and O–H groups in total. The Morgan fingerprint density at radius 3 is 1.14 bits per heavy atom. The Morgan fingerprint density at radius 1 is 0.444 bits per heavy atom. The molecule has 0 aromatic heterocycles. The molecular formula is C35H32O. The molecule has 4 aromatic rings. The monoisotopic (exact) mass is 468 g/mol. The fourth-order valence-corrected chi connectivity index (χ4v) is 9.38. The van der Waals surface area contributed by atoms with E-state index in [0.717, 1.165) is 0 Å². The van der Waals surface area contributed by atoms with Crippen LogP contribution in [0, 0.1) is 11.8 Å². The van der Waals surface area contributed by atoms with Gasteiger partial charge in [-0.15, -0.1) is 0 Å². The number of epoxide rings is 1. The number of hydrogen-bond acceptors (Lipinski definition) is 1. The van der Waals surface area contributed by atoms with Gasteiger partial charge < -0.3 is 4.74 Å². The van der Waals surface area contributed by atoms with Gasteiger partial charge in [-0.05, 0) is 77.0 Å². The summed E-state index contributed by atoms with van der Waals surface area (Å²) in [4.78, 5) is 0. The van der Waals surface area contributed by atoms with Crippen molar-refractivity contribution in [3.05, 3.63) is 144 Å². The molecule has 4 aromatic carbocycles. The van der Waals surface area contributed by atoms with E-state index in [1.165, 1.54) is 43.2 Å². The van der Waals surface area contributed by atoms with E-state index in [0.29, 0.717) is 11.8 Å².